The summed E-state index contributed by atoms with van der Waals surface area (Å²) in [5, 5.41) is 2.97. The summed E-state index contributed by atoms with van der Waals surface area (Å²) in [4.78, 5) is 20.7. The first-order valence-corrected chi connectivity index (χ1v) is 8.79. The molecule has 1 aliphatic rings. The number of anilines is 1. The van der Waals surface area contributed by atoms with Crippen LogP contribution in [0.15, 0.2) is 60.3 Å². The molecule has 0 spiro atoms. The average Bonchev–Trinajstić information content (AvgIpc) is 2.98. The van der Waals surface area contributed by atoms with Crippen LogP contribution in [0.1, 0.15) is 14.8 Å². The fourth-order valence-electron chi connectivity index (χ4n) is 3.32. The number of rotatable bonds is 3. The Morgan fingerprint density at radius 2 is 2.19 bits per heavy atom. The fourth-order valence-corrected chi connectivity index (χ4v) is 3.32. The van der Waals surface area contributed by atoms with Gasteiger partial charge in [0.15, 0.2) is 0 Å². The lowest BCUT2D eigenvalue weighted by molar-refractivity contribution is -0.113. The summed E-state index contributed by atoms with van der Waals surface area (Å²) < 4.78 is 15.3. The predicted octanol–water partition coefficient (Wildman–Crippen LogP) is 4.48. The summed E-state index contributed by atoms with van der Waals surface area (Å²) in [6.45, 7) is 2.04. The Bertz CT molecular complexity index is 1100. The normalized spacial score (nSPS) is 16.4. The van der Waals surface area contributed by atoms with Crippen LogP contribution in [0.4, 0.5) is 10.1 Å². The third-order valence-electron chi connectivity index (χ3n) is 4.82. The summed E-state index contributed by atoms with van der Waals surface area (Å²) in [6.07, 6.45) is 8.13. The smallest absolute Gasteiger partial charge is 0.251 e. The Labute approximate surface area is 157 Å². The molecule has 1 amide bonds. The van der Waals surface area contributed by atoms with Crippen LogP contribution in [0, 0.1) is 11.9 Å². The highest BCUT2D eigenvalue weighted by Gasteiger charge is 2.18. The minimum absolute atomic E-state index is 0. The molecule has 0 aliphatic heterocycles. The standard InChI is InChI=1S/C21H19FN4O.H2/c1-13-5-3-4-6-16(13)21(27)24-15-7-8-17-18(12-15)26(2)20(25-17)14-9-10-23-19(22)11-14;/h3-4,6-13H,5H2,1-2H3,(H,24,27);1H. The topological polar surface area (TPSA) is 59.8 Å². The maximum atomic E-state index is 13.5. The number of amides is 1. The summed E-state index contributed by atoms with van der Waals surface area (Å²) >= 11 is 0. The number of imidazole rings is 1. The number of hydrogen-bond acceptors (Lipinski definition) is 3. The van der Waals surface area contributed by atoms with E-state index in [2.05, 4.69) is 21.4 Å². The van der Waals surface area contributed by atoms with Gasteiger partial charge in [0, 0.05) is 37.6 Å². The minimum atomic E-state index is -0.545. The van der Waals surface area contributed by atoms with Gasteiger partial charge in [0.1, 0.15) is 5.82 Å². The molecule has 0 bridgehead atoms. The third-order valence-corrected chi connectivity index (χ3v) is 4.82. The molecule has 1 atom stereocenters. The zero-order chi connectivity index (χ0) is 19.0. The van der Waals surface area contributed by atoms with Crippen molar-refractivity contribution >= 4 is 22.6 Å². The Balaban J connectivity index is 0.00000225. The second-order valence-corrected chi connectivity index (χ2v) is 6.71. The molecule has 0 saturated carbocycles. The van der Waals surface area contributed by atoms with E-state index in [1.54, 1.807) is 6.07 Å². The summed E-state index contributed by atoms with van der Waals surface area (Å²) in [5.41, 5.74) is 3.75. The number of aryl methyl sites for hydroxylation is 1. The van der Waals surface area contributed by atoms with Crippen LogP contribution in [0.3, 0.4) is 0 Å². The molecule has 0 saturated heterocycles. The number of halogens is 1. The summed E-state index contributed by atoms with van der Waals surface area (Å²) in [7, 11) is 1.87. The first-order valence-electron chi connectivity index (χ1n) is 8.79. The van der Waals surface area contributed by atoms with Gasteiger partial charge in [0.05, 0.1) is 11.0 Å². The van der Waals surface area contributed by atoms with Crippen LogP contribution >= 0.6 is 0 Å². The summed E-state index contributed by atoms with van der Waals surface area (Å²) in [5.74, 6) is 0.202. The van der Waals surface area contributed by atoms with Crippen molar-refractivity contribution in [1.82, 2.24) is 14.5 Å². The van der Waals surface area contributed by atoms with Crippen LogP contribution in [-0.4, -0.2) is 20.4 Å². The SMILES string of the molecule is CC1CC=CC=C1C(=O)Nc1ccc2nc(-c3ccnc(F)c3)n(C)c2c1.[HH]. The molecule has 1 aromatic carbocycles. The Morgan fingerprint density at radius 1 is 1.33 bits per heavy atom. The van der Waals surface area contributed by atoms with Gasteiger partial charge in [-0.05, 0) is 36.6 Å². The summed E-state index contributed by atoms with van der Waals surface area (Å²) in [6, 6.07) is 8.63. The van der Waals surface area contributed by atoms with Crippen molar-refractivity contribution in [2.24, 2.45) is 13.0 Å². The molecule has 0 radical (unpaired) electrons. The van der Waals surface area contributed by atoms with Crippen LogP contribution in [0.2, 0.25) is 0 Å². The lowest BCUT2D eigenvalue weighted by Gasteiger charge is -2.16. The van der Waals surface area contributed by atoms with Crippen molar-refractivity contribution in [1.29, 1.82) is 0 Å². The minimum Gasteiger partial charge on any atom is -0.327 e. The van der Waals surface area contributed by atoms with Crippen LogP contribution < -0.4 is 5.32 Å². The Morgan fingerprint density at radius 3 is 2.96 bits per heavy atom. The largest absolute Gasteiger partial charge is 0.327 e. The van der Waals surface area contributed by atoms with Crippen molar-refractivity contribution in [2.45, 2.75) is 13.3 Å². The van der Waals surface area contributed by atoms with Gasteiger partial charge >= 0.3 is 0 Å². The number of nitrogens with one attached hydrogen (secondary N) is 1. The van der Waals surface area contributed by atoms with E-state index in [-0.39, 0.29) is 13.3 Å². The molecular formula is C21H21FN4O. The maximum Gasteiger partial charge on any atom is 0.251 e. The second kappa shape index (κ2) is 6.79. The molecule has 6 heteroatoms. The van der Waals surface area contributed by atoms with Crippen molar-refractivity contribution < 1.29 is 10.6 Å². The molecule has 4 rings (SSSR count). The van der Waals surface area contributed by atoms with Crippen molar-refractivity contribution in [3.63, 3.8) is 0 Å². The highest BCUT2D eigenvalue weighted by atomic mass is 19.1. The van der Waals surface area contributed by atoms with E-state index in [1.807, 2.05) is 48.9 Å². The van der Waals surface area contributed by atoms with E-state index in [4.69, 9.17) is 0 Å². The second-order valence-electron chi connectivity index (χ2n) is 6.71. The first-order chi connectivity index (χ1) is 13.0. The van der Waals surface area contributed by atoms with Crippen LogP contribution in [0.5, 0.6) is 0 Å². The van der Waals surface area contributed by atoms with E-state index in [0.717, 1.165) is 23.0 Å². The molecule has 1 N–H and O–H groups in total. The Hall–Kier alpha value is -3.28. The molecule has 138 valence electrons. The number of hydrogen-bond donors (Lipinski definition) is 1. The monoisotopic (exact) mass is 364 g/mol. The fraction of sp³-hybridized carbons (Fsp3) is 0.190. The molecule has 27 heavy (non-hydrogen) atoms. The number of benzene rings is 1. The lowest BCUT2D eigenvalue weighted by atomic mass is 9.93. The lowest BCUT2D eigenvalue weighted by Crippen LogP contribution is -2.19. The number of nitrogens with zero attached hydrogens (tertiary/aromatic N) is 3. The van der Waals surface area contributed by atoms with E-state index >= 15 is 0 Å². The van der Waals surface area contributed by atoms with E-state index in [1.165, 1.54) is 12.3 Å². The number of carbonyl (C=O) groups is 1. The van der Waals surface area contributed by atoms with Crippen molar-refractivity contribution in [3.8, 4) is 11.4 Å². The molecule has 3 aromatic rings. The predicted molar refractivity (Wildman–Crippen MR) is 106 cm³/mol. The number of pyridine rings is 1. The maximum absolute atomic E-state index is 13.5. The van der Waals surface area contributed by atoms with E-state index < -0.39 is 5.95 Å². The molecule has 2 aromatic heterocycles. The van der Waals surface area contributed by atoms with Crippen molar-refractivity contribution in [2.75, 3.05) is 5.32 Å². The van der Waals surface area contributed by atoms with Gasteiger partial charge in [0.25, 0.3) is 5.91 Å². The highest BCUT2D eigenvalue weighted by molar-refractivity contribution is 6.05. The zero-order valence-electron chi connectivity index (χ0n) is 15.1. The van der Waals surface area contributed by atoms with Gasteiger partial charge in [-0.15, -0.1) is 0 Å². The average molecular weight is 364 g/mol. The Kier molecular flexibility index (Phi) is 4.32. The third kappa shape index (κ3) is 3.26. The first kappa shape index (κ1) is 17.1. The number of fused-ring (bicyclic) bond motifs is 1. The quantitative estimate of drug-likeness (QED) is 0.697. The zero-order valence-corrected chi connectivity index (χ0v) is 15.1. The van der Waals surface area contributed by atoms with Gasteiger partial charge in [-0.3, -0.25) is 4.79 Å². The number of carbonyl (C=O) groups excluding carboxylic acids is 1. The van der Waals surface area contributed by atoms with Gasteiger partial charge in [0.2, 0.25) is 5.95 Å². The van der Waals surface area contributed by atoms with Crippen LogP contribution in [0.25, 0.3) is 22.4 Å². The molecular weight excluding hydrogens is 343 g/mol. The molecule has 0 fully saturated rings. The van der Waals surface area contributed by atoms with Gasteiger partial charge in [-0.1, -0.05) is 25.2 Å². The molecule has 1 aliphatic carbocycles. The van der Waals surface area contributed by atoms with Gasteiger partial charge in [-0.2, -0.15) is 4.39 Å². The van der Waals surface area contributed by atoms with Gasteiger partial charge in [-0.25, -0.2) is 9.97 Å². The molecule has 5 nitrogen and oxygen atoms in total. The molecule has 2 heterocycles. The van der Waals surface area contributed by atoms with Crippen LogP contribution in [-0.2, 0) is 11.8 Å². The van der Waals surface area contributed by atoms with E-state index in [9.17, 15) is 9.18 Å². The molecule has 1 unspecified atom stereocenters. The highest BCUT2D eigenvalue weighted by Crippen LogP contribution is 2.27. The number of allylic oxidation sites excluding steroid dienone is 3. The van der Waals surface area contributed by atoms with Crippen molar-refractivity contribution in [3.05, 3.63) is 66.3 Å². The van der Waals surface area contributed by atoms with E-state index in [0.29, 0.717) is 17.1 Å². The number of aromatic nitrogens is 3. The van der Waals surface area contributed by atoms with Gasteiger partial charge < -0.3 is 9.88 Å².